The molecule has 2 atom stereocenters. The smallest absolute Gasteiger partial charge is 0.339 e. The summed E-state index contributed by atoms with van der Waals surface area (Å²) in [6.45, 7) is 0.147. The van der Waals surface area contributed by atoms with Crippen LogP contribution in [0.15, 0.2) is 47.8 Å². The van der Waals surface area contributed by atoms with E-state index in [9.17, 15) is 18.4 Å². The molecular weight excluding hydrogens is 394 g/mol. The summed E-state index contributed by atoms with van der Waals surface area (Å²) in [7, 11) is 0. The van der Waals surface area contributed by atoms with Gasteiger partial charge in [-0.15, -0.1) is 0 Å². The largest absolute Gasteiger partial charge is 0.379 e. The quantitative estimate of drug-likeness (QED) is 0.362. The molecule has 0 saturated carbocycles. The third-order valence-electron chi connectivity index (χ3n) is 5.19. The van der Waals surface area contributed by atoms with E-state index >= 15 is 0 Å². The van der Waals surface area contributed by atoms with Gasteiger partial charge in [-0.05, 0) is 48.7 Å². The van der Waals surface area contributed by atoms with Crippen LogP contribution in [0, 0.1) is 17.6 Å². The van der Waals surface area contributed by atoms with Gasteiger partial charge in [-0.2, -0.15) is 0 Å². The second-order valence-corrected chi connectivity index (χ2v) is 7.14. The number of hydrogen-bond acceptors (Lipinski definition) is 5. The van der Waals surface area contributed by atoms with Gasteiger partial charge in [0, 0.05) is 12.1 Å². The summed E-state index contributed by atoms with van der Waals surface area (Å²) < 4.78 is 26.5. The van der Waals surface area contributed by atoms with Gasteiger partial charge in [0.2, 0.25) is 0 Å². The lowest BCUT2D eigenvalue weighted by molar-refractivity contribution is -0.150. The molecule has 0 spiro atoms. The average Bonchev–Trinajstić information content (AvgIpc) is 2.88. The standard InChI is InChI=1S/C21H18F2N4O3/c22-14-3-7-17-12(9-14)1-5-16-6-2-13(11-27(16)20(17)28)21(29)30-26-19(24)18-8-4-15(23)10-25-18/h1,3-5,7-10,13,16H,2,6,11H2,(H2,24,26)/t13?,16-/m1/s1. The number of benzene rings is 1. The monoisotopic (exact) mass is 412 g/mol. The zero-order chi connectivity index (χ0) is 21.3. The molecule has 3 heterocycles. The van der Waals surface area contributed by atoms with Crippen LogP contribution in [0.25, 0.3) is 6.08 Å². The molecule has 2 N–H and O–H groups in total. The van der Waals surface area contributed by atoms with Crippen molar-refractivity contribution < 1.29 is 23.2 Å². The minimum absolute atomic E-state index is 0.147. The Morgan fingerprint density at radius 1 is 1.20 bits per heavy atom. The molecule has 154 valence electrons. The second kappa shape index (κ2) is 8.02. The third-order valence-corrected chi connectivity index (χ3v) is 5.19. The Hall–Kier alpha value is -3.62. The highest BCUT2D eigenvalue weighted by molar-refractivity contribution is 5.99. The van der Waals surface area contributed by atoms with Crippen LogP contribution >= 0.6 is 0 Å². The van der Waals surface area contributed by atoms with Crippen LogP contribution < -0.4 is 5.73 Å². The van der Waals surface area contributed by atoms with E-state index < -0.39 is 23.5 Å². The van der Waals surface area contributed by atoms with E-state index in [1.165, 1.54) is 24.3 Å². The van der Waals surface area contributed by atoms with Crippen LogP contribution in [0.5, 0.6) is 0 Å². The molecule has 1 fully saturated rings. The van der Waals surface area contributed by atoms with Crippen molar-refractivity contribution in [1.29, 1.82) is 0 Å². The van der Waals surface area contributed by atoms with Crippen LogP contribution in [0.2, 0.25) is 0 Å². The van der Waals surface area contributed by atoms with Gasteiger partial charge in [0.25, 0.3) is 5.91 Å². The van der Waals surface area contributed by atoms with E-state index in [-0.39, 0.29) is 30.0 Å². The lowest BCUT2D eigenvalue weighted by Crippen LogP contribution is -2.47. The van der Waals surface area contributed by atoms with Gasteiger partial charge in [-0.25, -0.2) is 18.6 Å². The summed E-state index contributed by atoms with van der Waals surface area (Å²) in [4.78, 5) is 35.7. The molecule has 1 unspecified atom stereocenters. The Bertz CT molecular complexity index is 1050. The summed E-state index contributed by atoms with van der Waals surface area (Å²) in [6, 6.07) is 6.29. The van der Waals surface area contributed by atoms with Crippen molar-refractivity contribution >= 4 is 23.8 Å². The van der Waals surface area contributed by atoms with Crippen molar-refractivity contribution in [1.82, 2.24) is 9.88 Å². The molecule has 9 heteroatoms. The van der Waals surface area contributed by atoms with Gasteiger partial charge in [-0.1, -0.05) is 17.3 Å². The lowest BCUT2D eigenvalue weighted by atomic mass is 9.92. The van der Waals surface area contributed by atoms with Gasteiger partial charge in [0.05, 0.1) is 18.2 Å². The van der Waals surface area contributed by atoms with E-state index in [1.807, 2.05) is 6.08 Å². The molecular formula is C21H18F2N4O3. The summed E-state index contributed by atoms with van der Waals surface area (Å²) in [5.74, 6) is -2.59. The molecule has 1 aromatic heterocycles. The number of amidine groups is 1. The number of nitrogens with two attached hydrogens (primary N) is 1. The first kappa shape index (κ1) is 19.7. The number of amides is 1. The maximum absolute atomic E-state index is 13.5. The highest BCUT2D eigenvalue weighted by atomic mass is 19.1. The van der Waals surface area contributed by atoms with Crippen LogP contribution in [0.1, 0.15) is 34.5 Å². The van der Waals surface area contributed by atoms with E-state index in [0.717, 1.165) is 12.3 Å². The number of carbonyl (C=O) groups is 2. The summed E-state index contributed by atoms with van der Waals surface area (Å²) in [6.07, 6.45) is 5.61. The Balaban J connectivity index is 1.46. The van der Waals surface area contributed by atoms with Crippen LogP contribution in [0.3, 0.4) is 0 Å². The van der Waals surface area contributed by atoms with E-state index in [0.29, 0.717) is 24.0 Å². The fourth-order valence-corrected chi connectivity index (χ4v) is 3.60. The zero-order valence-electron chi connectivity index (χ0n) is 15.8. The van der Waals surface area contributed by atoms with Crippen LogP contribution in [-0.4, -0.2) is 40.2 Å². The number of piperidine rings is 1. The minimum atomic E-state index is -0.626. The summed E-state index contributed by atoms with van der Waals surface area (Å²) in [5.41, 5.74) is 6.79. The summed E-state index contributed by atoms with van der Waals surface area (Å²) >= 11 is 0. The molecule has 2 aliphatic heterocycles. The highest BCUT2D eigenvalue weighted by Crippen LogP contribution is 2.30. The van der Waals surface area contributed by atoms with Crippen molar-refractivity contribution in [2.75, 3.05) is 6.54 Å². The molecule has 1 aromatic carbocycles. The van der Waals surface area contributed by atoms with E-state index in [1.54, 1.807) is 11.0 Å². The maximum Gasteiger partial charge on any atom is 0.339 e. The normalized spacial score (nSPS) is 20.9. The number of pyridine rings is 1. The first-order valence-electron chi connectivity index (χ1n) is 9.37. The predicted molar refractivity (Wildman–Crippen MR) is 104 cm³/mol. The van der Waals surface area contributed by atoms with Crippen molar-refractivity contribution in [3.8, 4) is 0 Å². The molecule has 1 amide bonds. The molecule has 0 bridgehead atoms. The van der Waals surface area contributed by atoms with Crippen molar-refractivity contribution in [2.45, 2.75) is 18.9 Å². The number of rotatable bonds is 3. The highest BCUT2D eigenvalue weighted by Gasteiger charge is 2.36. The van der Waals surface area contributed by atoms with E-state index in [4.69, 9.17) is 10.6 Å². The van der Waals surface area contributed by atoms with Gasteiger partial charge in [0.1, 0.15) is 17.3 Å². The molecule has 0 radical (unpaired) electrons. The minimum Gasteiger partial charge on any atom is -0.379 e. The number of carbonyl (C=O) groups excluding carboxylic acids is 2. The average molecular weight is 412 g/mol. The van der Waals surface area contributed by atoms with Gasteiger partial charge in [0.15, 0.2) is 5.84 Å². The second-order valence-electron chi connectivity index (χ2n) is 7.14. The number of halogens is 2. The molecule has 0 aliphatic carbocycles. The Labute approximate surface area is 170 Å². The first-order valence-corrected chi connectivity index (χ1v) is 9.37. The zero-order valence-corrected chi connectivity index (χ0v) is 15.8. The molecule has 2 aliphatic rings. The molecule has 30 heavy (non-hydrogen) atoms. The maximum atomic E-state index is 13.5. The van der Waals surface area contributed by atoms with Gasteiger partial charge >= 0.3 is 5.97 Å². The number of hydrogen-bond donors (Lipinski definition) is 1. The Kier molecular flexibility index (Phi) is 5.26. The van der Waals surface area contributed by atoms with E-state index in [2.05, 4.69) is 10.1 Å². The lowest BCUT2D eigenvalue weighted by Gasteiger charge is -2.36. The molecule has 7 nitrogen and oxygen atoms in total. The van der Waals surface area contributed by atoms with Gasteiger partial charge < -0.3 is 15.5 Å². The molecule has 1 saturated heterocycles. The number of oxime groups is 1. The van der Waals surface area contributed by atoms with Crippen molar-refractivity contribution in [2.24, 2.45) is 16.8 Å². The Morgan fingerprint density at radius 3 is 2.77 bits per heavy atom. The van der Waals surface area contributed by atoms with Crippen molar-refractivity contribution in [3.05, 3.63) is 71.1 Å². The number of fused-ring (bicyclic) bond motifs is 2. The fraction of sp³-hybridized carbons (Fsp3) is 0.238. The van der Waals surface area contributed by atoms with Crippen molar-refractivity contribution in [3.63, 3.8) is 0 Å². The topological polar surface area (TPSA) is 97.9 Å². The number of nitrogens with zero attached hydrogens (tertiary/aromatic N) is 3. The predicted octanol–water partition coefficient (Wildman–Crippen LogP) is 2.47. The summed E-state index contributed by atoms with van der Waals surface area (Å²) in [5, 5.41) is 3.59. The fourth-order valence-electron chi connectivity index (χ4n) is 3.60. The van der Waals surface area contributed by atoms with Crippen LogP contribution in [0.4, 0.5) is 8.78 Å². The Morgan fingerprint density at radius 2 is 2.00 bits per heavy atom. The number of aromatic nitrogens is 1. The molecule has 2 aromatic rings. The van der Waals surface area contributed by atoms with Crippen LogP contribution in [-0.2, 0) is 9.63 Å². The molecule has 4 rings (SSSR count). The SMILES string of the molecule is N/C(=N\OC(=O)C1CC[C@H]2C=Cc3cc(F)ccc3C(=O)N2C1)c1ccc(F)cn1. The van der Waals surface area contributed by atoms with Gasteiger partial charge in [-0.3, -0.25) is 4.79 Å². The third kappa shape index (κ3) is 3.91. The first-order chi connectivity index (χ1) is 14.4.